The van der Waals surface area contributed by atoms with Crippen LogP contribution in [-0.2, 0) is 0 Å². The first-order valence-corrected chi connectivity index (χ1v) is 6.97. The van der Waals surface area contributed by atoms with Crippen molar-refractivity contribution >= 4 is 18.3 Å². The van der Waals surface area contributed by atoms with Crippen molar-refractivity contribution in [1.29, 1.82) is 0 Å². The zero-order chi connectivity index (χ0) is 14.8. The van der Waals surface area contributed by atoms with E-state index in [9.17, 15) is 9.59 Å². The van der Waals surface area contributed by atoms with Gasteiger partial charge in [0.2, 0.25) is 0 Å². The Kier molecular flexibility index (Phi) is 5.05. The number of carbonyl (C=O) groups excluding carboxylic acids is 1. The van der Waals surface area contributed by atoms with Gasteiger partial charge in [0.25, 0.3) is 11.5 Å². The van der Waals surface area contributed by atoms with Gasteiger partial charge in [0, 0.05) is 19.1 Å². The van der Waals surface area contributed by atoms with E-state index in [0.29, 0.717) is 24.5 Å². The van der Waals surface area contributed by atoms with E-state index in [1.54, 1.807) is 29.2 Å². The van der Waals surface area contributed by atoms with E-state index in [4.69, 9.17) is 10.2 Å². The van der Waals surface area contributed by atoms with Crippen molar-refractivity contribution in [2.24, 2.45) is 5.73 Å². The van der Waals surface area contributed by atoms with E-state index >= 15 is 0 Å². The Hall–Kier alpha value is -2.05. The fourth-order valence-electron chi connectivity index (χ4n) is 2.58. The number of aromatic nitrogens is 1. The minimum absolute atomic E-state index is 0. The number of pyridine rings is 1. The summed E-state index contributed by atoms with van der Waals surface area (Å²) in [6.45, 7) is 1.14. The number of amides is 1. The van der Waals surface area contributed by atoms with E-state index in [-0.39, 0.29) is 29.9 Å². The second-order valence-corrected chi connectivity index (χ2v) is 5.25. The third-order valence-corrected chi connectivity index (χ3v) is 3.67. The monoisotopic (exact) mass is 323 g/mol. The predicted molar refractivity (Wildman–Crippen MR) is 85.1 cm³/mol. The predicted octanol–water partition coefficient (Wildman–Crippen LogP) is 1.62. The number of nitrogens with one attached hydrogen (secondary N) is 1. The Morgan fingerprint density at radius 1 is 1.36 bits per heavy atom. The third kappa shape index (κ3) is 3.23. The molecule has 1 fully saturated rings. The summed E-state index contributed by atoms with van der Waals surface area (Å²) in [6.07, 6.45) is 3.31. The highest BCUT2D eigenvalue weighted by atomic mass is 35.5. The molecule has 1 atom stereocenters. The molecule has 3 heterocycles. The maximum absolute atomic E-state index is 12.4. The summed E-state index contributed by atoms with van der Waals surface area (Å²) >= 11 is 0. The van der Waals surface area contributed by atoms with Crippen LogP contribution < -0.4 is 11.3 Å². The number of nitrogens with two attached hydrogens (primary N) is 1. The van der Waals surface area contributed by atoms with Crippen molar-refractivity contribution in [3.05, 3.63) is 46.4 Å². The van der Waals surface area contributed by atoms with Crippen molar-refractivity contribution in [3.8, 4) is 11.5 Å². The molecule has 1 aliphatic rings. The van der Waals surface area contributed by atoms with Gasteiger partial charge in [-0.05, 0) is 37.1 Å². The van der Waals surface area contributed by atoms with Crippen LogP contribution in [0.4, 0.5) is 0 Å². The zero-order valence-electron chi connectivity index (χ0n) is 12.0. The van der Waals surface area contributed by atoms with Gasteiger partial charge in [0.1, 0.15) is 11.3 Å². The van der Waals surface area contributed by atoms with Gasteiger partial charge in [-0.2, -0.15) is 0 Å². The fourth-order valence-corrected chi connectivity index (χ4v) is 2.58. The number of aromatic amines is 1. The lowest BCUT2D eigenvalue weighted by Crippen LogP contribution is -2.46. The Bertz CT molecular complexity index is 696. The number of hydrogen-bond donors (Lipinski definition) is 2. The van der Waals surface area contributed by atoms with Gasteiger partial charge in [-0.25, -0.2) is 0 Å². The molecule has 1 unspecified atom stereocenters. The minimum Gasteiger partial charge on any atom is -0.463 e. The summed E-state index contributed by atoms with van der Waals surface area (Å²) in [4.78, 5) is 28.8. The smallest absolute Gasteiger partial charge is 0.261 e. The lowest BCUT2D eigenvalue weighted by molar-refractivity contribution is 0.0707. The van der Waals surface area contributed by atoms with Gasteiger partial charge in [0.05, 0.1) is 12.0 Å². The molecular weight excluding hydrogens is 306 g/mol. The minimum atomic E-state index is -0.409. The van der Waals surface area contributed by atoms with Crippen molar-refractivity contribution in [2.45, 2.75) is 18.9 Å². The number of nitrogens with zero attached hydrogens (tertiary/aromatic N) is 1. The average molecular weight is 324 g/mol. The molecule has 2 aromatic heterocycles. The summed E-state index contributed by atoms with van der Waals surface area (Å²) < 4.78 is 5.22. The molecule has 7 heteroatoms. The lowest BCUT2D eigenvalue weighted by Gasteiger charge is -2.30. The number of halogens is 1. The van der Waals surface area contributed by atoms with Crippen LogP contribution in [0.2, 0.25) is 0 Å². The van der Waals surface area contributed by atoms with Gasteiger partial charge >= 0.3 is 0 Å². The van der Waals surface area contributed by atoms with Gasteiger partial charge in [0.15, 0.2) is 0 Å². The van der Waals surface area contributed by atoms with Crippen molar-refractivity contribution in [2.75, 3.05) is 13.1 Å². The number of carbonyl (C=O) groups is 1. The average Bonchev–Trinajstić information content (AvgIpc) is 3.00. The topological polar surface area (TPSA) is 92.3 Å². The standard InChI is InChI=1S/C15H17N3O3.ClH/c16-10-3-1-7-18(9-10)15(20)11-5-6-12(17-14(11)19)13-4-2-8-21-13;/h2,4-6,8,10H,1,3,7,9,16H2,(H,17,19);1H. The van der Waals surface area contributed by atoms with Gasteiger partial charge < -0.3 is 20.0 Å². The fraction of sp³-hybridized carbons (Fsp3) is 0.333. The number of hydrogen-bond acceptors (Lipinski definition) is 4. The van der Waals surface area contributed by atoms with Crippen molar-refractivity contribution < 1.29 is 9.21 Å². The molecule has 1 amide bonds. The summed E-state index contributed by atoms with van der Waals surface area (Å²) in [6, 6.07) is 6.69. The summed E-state index contributed by atoms with van der Waals surface area (Å²) in [5.41, 5.74) is 6.16. The highest BCUT2D eigenvalue weighted by molar-refractivity contribution is 5.94. The molecule has 22 heavy (non-hydrogen) atoms. The van der Waals surface area contributed by atoms with Crippen LogP contribution in [-0.4, -0.2) is 34.9 Å². The summed E-state index contributed by atoms with van der Waals surface area (Å²) in [5.74, 6) is 0.295. The van der Waals surface area contributed by atoms with Crippen LogP contribution >= 0.6 is 12.4 Å². The molecule has 1 aliphatic heterocycles. The summed E-state index contributed by atoms with van der Waals surface area (Å²) in [7, 11) is 0. The molecule has 3 rings (SSSR count). The molecule has 3 N–H and O–H groups in total. The van der Waals surface area contributed by atoms with E-state index in [1.165, 1.54) is 6.26 Å². The second-order valence-electron chi connectivity index (χ2n) is 5.25. The highest BCUT2D eigenvalue weighted by Crippen LogP contribution is 2.16. The van der Waals surface area contributed by atoms with Crippen LogP contribution in [0.3, 0.4) is 0 Å². The first-order valence-electron chi connectivity index (χ1n) is 6.97. The Morgan fingerprint density at radius 2 is 2.18 bits per heavy atom. The number of H-pyrrole nitrogens is 1. The first-order chi connectivity index (χ1) is 10.1. The summed E-state index contributed by atoms with van der Waals surface area (Å²) in [5, 5.41) is 0. The van der Waals surface area contributed by atoms with Gasteiger partial charge in [-0.15, -0.1) is 12.4 Å². The number of likely N-dealkylation sites (tertiary alicyclic amines) is 1. The maximum Gasteiger partial charge on any atom is 0.261 e. The zero-order valence-corrected chi connectivity index (χ0v) is 12.8. The van der Waals surface area contributed by atoms with E-state index in [0.717, 1.165) is 12.8 Å². The van der Waals surface area contributed by atoms with Crippen molar-refractivity contribution in [1.82, 2.24) is 9.88 Å². The lowest BCUT2D eigenvalue weighted by atomic mass is 10.1. The molecule has 0 radical (unpaired) electrons. The second kappa shape index (κ2) is 6.81. The molecule has 6 nitrogen and oxygen atoms in total. The Morgan fingerprint density at radius 3 is 2.82 bits per heavy atom. The highest BCUT2D eigenvalue weighted by Gasteiger charge is 2.24. The van der Waals surface area contributed by atoms with Crippen LogP contribution in [0.15, 0.2) is 39.7 Å². The van der Waals surface area contributed by atoms with Crippen LogP contribution in [0, 0.1) is 0 Å². The molecule has 0 spiro atoms. The molecule has 1 saturated heterocycles. The Labute approximate surface area is 133 Å². The molecule has 0 saturated carbocycles. The largest absolute Gasteiger partial charge is 0.463 e. The van der Waals surface area contributed by atoms with Crippen molar-refractivity contribution in [3.63, 3.8) is 0 Å². The molecule has 0 aliphatic carbocycles. The molecule has 2 aromatic rings. The van der Waals surface area contributed by atoms with Gasteiger partial charge in [-0.1, -0.05) is 0 Å². The maximum atomic E-state index is 12.4. The van der Waals surface area contributed by atoms with Crippen LogP contribution in [0.1, 0.15) is 23.2 Å². The normalized spacial score (nSPS) is 17.9. The molecular formula is C15H18ClN3O3. The van der Waals surface area contributed by atoms with Crippen LogP contribution in [0.5, 0.6) is 0 Å². The third-order valence-electron chi connectivity index (χ3n) is 3.67. The molecule has 0 bridgehead atoms. The van der Waals surface area contributed by atoms with E-state index < -0.39 is 5.56 Å². The first kappa shape index (κ1) is 16.3. The van der Waals surface area contributed by atoms with Gasteiger partial charge in [-0.3, -0.25) is 9.59 Å². The molecule has 118 valence electrons. The van der Waals surface area contributed by atoms with E-state index in [1.807, 2.05) is 0 Å². The van der Waals surface area contributed by atoms with Crippen LogP contribution in [0.25, 0.3) is 11.5 Å². The number of rotatable bonds is 2. The number of furan rings is 1. The Balaban J connectivity index is 0.00000176. The molecule has 0 aromatic carbocycles. The van der Waals surface area contributed by atoms with E-state index in [2.05, 4.69) is 4.98 Å². The number of piperidine rings is 1. The quantitative estimate of drug-likeness (QED) is 0.878. The SMILES string of the molecule is Cl.NC1CCCN(C(=O)c2ccc(-c3ccco3)[nH]c2=O)C1.